The quantitative estimate of drug-likeness (QED) is 0.522. The highest BCUT2D eigenvalue weighted by Gasteiger charge is 2.20. The highest BCUT2D eigenvalue weighted by Crippen LogP contribution is 2.20. The average molecular weight is 412 g/mol. The standard InChI is InChI=1S/C21H22ClN5O2/c1-27-14-13-23-19(27)18(15-7-3-2-4-8-15)26-21(29)25-12-11-24-20(28)16-9-5-6-10-17(16)22/h2-10,13-14,18H,11-12H2,1H3,(H,24,28)(H2,25,26,29). The molecule has 0 aliphatic rings. The van der Waals surface area contributed by atoms with E-state index in [9.17, 15) is 9.59 Å². The second-order valence-corrected chi connectivity index (χ2v) is 6.78. The van der Waals surface area contributed by atoms with E-state index < -0.39 is 6.04 Å². The third-order valence-corrected chi connectivity index (χ3v) is 4.67. The lowest BCUT2D eigenvalue weighted by Gasteiger charge is -2.19. The molecule has 0 saturated carbocycles. The van der Waals surface area contributed by atoms with Crippen LogP contribution in [0.4, 0.5) is 4.79 Å². The van der Waals surface area contributed by atoms with Crippen molar-refractivity contribution in [2.45, 2.75) is 6.04 Å². The van der Waals surface area contributed by atoms with Crippen molar-refractivity contribution in [3.63, 3.8) is 0 Å². The van der Waals surface area contributed by atoms with Gasteiger partial charge in [0, 0.05) is 32.5 Å². The van der Waals surface area contributed by atoms with Gasteiger partial charge in [0.1, 0.15) is 11.9 Å². The molecule has 0 saturated heterocycles. The van der Waals surface area contributed by atoms with Gasteiger partial charge in [0.25, 0.3) is 5.91 Å². The monoisotopic (exact) mass is 411 g/mol. The van der Waals surface area contributed by atoms with Crippen LogP contribution in [0.3, 0.4) is 0 Å². The first-order chi connectivity index (χ1) is 14.1. The molecule has 1 heterocycles. The smallest absolute Gasteiger partial charge is 0.315 e. The van der Waals surface area contributed by atoms with Gasteiger partial charge in [-0.1, -0.05) is 54.1 Å². The van der Waals surface area contributed by atoms with Gasteiger partial charge in [0.2, 0.25) is 0 Å². The van der Waals surface area contributed by atoms with Crippen molar-refractivity contribution in [1.29, 1.82) is 0 Å². The largest absolute Gasteiger partial charge is 0.350 e. The van der Waals surface area contributed by atoms with Crippen molar-refractivity contribution < 1.29 is 9.59 Å². The normalized spacial score (nSPS) is 11.5. The Hall–Kier alpha value is -3.32. The van der Waals surface area contributed by atoms with Crippen molar-refractivity contribution >= 4 is 23.5 Å². The lowest BCUT2D eigenvalue weighted by Crippen LogP contribution is -2.42. The summed E-state index contributed by atoms with van der Waals surface area (Å²) in [5, 5.41) is 8.81. The van der Waals surface area contributed by atoms with E-state index >= 15 is 0 Å². The number of hydrogen-bond donors (Lipinski definition) is 3. The zero-order valence-corrected chi connectivity index (χ0v) is 16.7. The zero-order chi connectivity index (χ0) is 20.6. The number of halogens is 1. The Morgan fingerprint density at radius 3 is 2.41 bits per heavy atom. The maximum absolute atomic E-state index is 12.4. The van der Waals surface area contributed by atoms with Gasteiger partial charge in [0.05, 0.1) is 10.6 Å². The lowest BCUT2D eigenvalue weighted by atomic mass is 10.1. The number of hydrogen-bond acceptors (Lipinski definition) is 3. The minimum Gasteiger partial charge on any atom is -0.350 e. The minimum absolute atomic E-state index is 0.268. The molecular weight excluding hydrogens is 390 g/mol. The molecule has 1 aromatic heterocycles. The summed E-state index contributed by atoms with van der Waals surface area (Å²) in [4.78, 5) is 28.9. The molecule has 7 nitrogen and oxygen atoms in total. The first kappa shape index (κ1) is 20.4. The molecule has 3 rings (SSSR count). The summed E-state index contributed by atoms with van der Waals surface area (Å²) in [6.07, 6.45) is 3.52. The van der Waals surface area contributed by atoms with E-state index in [4.69, 9.17) is 11.6 Å². The molecule has 8 heteroatoms. The van der Waals surface area contributed by atoms with Crippen molar-refractivity contribution in [3.05, 3.63) is 89.0 Å². The molecule has 0 fully saturated rings. The second-order valence-electron chi connectivity index (χ2n) is 6.38. The van der Waals surface area contributed by atoms with Crippen molar-refractivity contribution in [1.82, 2.24) is 25.5 Å². The Bertz CT molecular complexity index is 974. The number of amides is 3. The summed E-state index contributed by atoms with van der Waals surface area (Å²) in [6.45, 7) is 0.542. The van der Waals surface area contributed by atoms with Gasteiger partial charge in [-0.2, -0.15) is 0 Å². The number of imidazole rings is 1. The molecule has 2 aromatic carbocycles. The Labute approximate surface area is 174 Å². The minimum atomic E-state index is -0.395. The van der Waals surface area contributed by atoms with Crippen LogP contribution in [-0.2, 0) is 7.05 Å². The van der Waals surface area contributed by atoms with E-state index in [1.807, 2.05) is 48.1 Å². The third-order valence-electron chi connectivity index (χ3n) is 4.34. The fraction of sp³-hybridized carbons (Fsp3) is 0.190. The van der Waals surface area contributed by atoms with E-state index in [0.717, 1.165) is 11.4 Å². The van der Waals surface area contributed by atoms with E-state index in [1.165, 1.54) is 0 Å². The van der Waals surface area contributed by atoms with Crippen molar-refractivity contribution in [2.24, 2.45) is 7.05 Å². The van der Waals surface area contributed by atoms with Gasteiger partial charge >= 0.3 is 6.03 Å². The fourth-order valence-corrected chi connectivity index (χ4v) is 3.09. The van der Waals surface area contributed by atoms with Crippen LogP contribution in [0.5, 0.6) is 0 Å². The Kier molecular flexibility index (Phi) is 6.86. The maximum atomic E-state index is 12.4. The van der Waals surface area contributed by atoms with Crippen LogP contribution in [0.15, 0.2) is 67.0 Å². The van der Waals surface area contributed by atoms with Gasteiger partial charge in [-0.05, 0) is 17.7 Å². The fourth-order valence-electron chi connectivity index (χ4n) is 2.87. The van der Waals surface area contributed by atoms with Crippen LogP contribution >= 0.6 is 11.6 Å². The van der Waals surface area contributed by atoms with Crippen LogP contribution in [0.2, 0.25) is 5.02 Å². The number of urea groups is 1. The van der Waals surface area contributed by atoms with Crippen LogP contribution in [0, 0.1) is 0 Å². The number of carbonyl (C=O) groups is 2. The third kappa shape index (κ3) is 5.36. The maximum Gasteiger partial charge on any atom is 0.315 e. The SMILES string of the molecule is Cn1ccnc1C(NC(=O)NCCNC(=O)c1ccccc1Cl)c1ccccc1. The molecule has 0 aliphatic heterocycles. The summed E-state index contributed by atoms with van der Waals surface area (Å²) in [5.41, 5.74) is 1.32. The Balaban J connectivity index is 1.54. The second kappa shape index (κ2) is 9.75. The molecule has 150 valence electrons. The topological polar surface area (TPSA) is 88.1 Å². The lowest BCUT2D eigenvalue weighted by molar-refractivity contribution is 0.0954. The van der Waals surface area contributed by atoms with E-state index in [0.29, 0.717) is 10.6 Å². The van der Waals surface area contributed by atoms with Gasteiger partial charge in [-0.15, -0.1) is 0 Å². The molecule has 0 aliphatic carbocycles. The van der Waals surface area contributed by atoms with Gasteiger partial charge < -0.3 is 20.5 Å². The van der Waals surface area contributed by atoms with E-state index in [1.54, 1.807) is 30.5 Å². The molecule has 3 N–H and O–H groups in total. The summed E-state index contributed by atoms with van der Waals surface area (Å²) < 4.78 is 1.86. The molecule has 1 atom stereocenters. The van der Waals surface area contributed by atoms with Gasteiger partial charge in [0.15, 0.2) is 0 Å². The number of benzene rings is 2. The average Bonchev–Trinajstić information content (AvgIpc) is 3.16. The summed E-state index contributed by atoms with van der Waals surface area (Å²) in [6, 6.07) is 15.7. The van der Waals surface area contributed by atoms with Crippen molar-refractivity contribution in [3.8, 4) is 0 Å². The molecular formula is C21H22ClN5O2. The Morgan fingerprint density at radius 2 is 1.72 bits per heavy atom. The molecule has 0 radical (unpaired) electrons. The van der Waals surface area contributed by atoms with Crippen LogP contribution < -0.4 is 16.0 Å². The van der Waals surface area contributed by atoms with Gasteiger partial charge in [-0.3, -0.25) is 4.79 Å². The number of nitrogens with zero attached hydrogens (tertiary/aromatic N) is 2. The van der Waals surface area contributed by atoms with Crippen LogP contribution in [0.1, 0.15) is 27.8 Å². The Morgan fingerprint density at radius 1 is 1.03 bits per heavy atom. The van der Waals surface area contributed by atoms with Gasteiger partial charge in [-0.25, -0.2) is 9.78 Å². The van der Waals surface area contributed by atoms with E-state index in [2.05, 4.69) is 20.9 Å². The molecule has 0 spiro atoms. The number of aryl methyl sites for hydroxylation is 1. The molecule has 3 aromatic rings. The number of carbonyl (C=O) groups excluding carboxylic acids is 2. The van der Waals surface area contributed by atoms with Crippen molar-refractivity contribution in [2.75, 3.05) is 13.1 Å². The predicted molar refractivity (Wildman–Crippen MR) is 112 cm³/mol. The zero-order valence-electron chi connectivity index (χ0n) is 15.9. The molecule has 29 heavy (non-hydrogen) atoms. The number of nitrogens with one attached hydrogen (secondary N) is 3. The first-order valence-electron chi connectivity index (χ1n) is 9.15. The molecule has 1 unspecified atom stereocenters. The highest BCUT2D eigenvalue weighted by molar-refractivity contribution is 6.33. The number of aromatic nitrogens is 2. The summed E-state index contributed by atoms with van der Waals surface area (Å²) in [5.74, 6) is 0.436. The molecule has 3 amide bonds. The predicted octanol–water partition coefficient (Wildman–Crippen LogP) is 2.89. The first-order valence-corrected chi connectivity index (χ1v) is 9.53. The summed E-state index contributed by atoms with van der Waals surface area (Å²) >= 11 is 6.01. The number of rotatable bonds is 7. The van der Waals surface area contributed by atoms with Crippen LogP contribution in [-0.4, -0.2) is 34.6 Å². The molecule has 0 bridgehead atoms. The summed E-state index contributed by atoms with van der Waals surface area (Å²) in [7, 11) is 1.88. The highest BCUT2D eigenvalue weighted by atomic mass is 35.5. The van der Waals surface area contributed by atoms with E-state index in [-0.39, 0.29) is 25.0 Å². The van der Waals surface area contributed by atoms with Crippen LogP contribution in [0.25, 0.3) is 0 Å².